The first-order valence-corrected chi connectivity index (χ1v) is 7.09. The SMILES string of the molecule is CCCCCC(C)NC(=O)c1cccc2cc[nH]c12. The molecule has 1 unspecified atom stereocenters. The van der Waals surface area contributed by atoms with E-state index in [4.69, 9.17) is 0 Å². The molecule has 1 aromatic carbocycles. The van der Waals surface area contributed by atoms with Crippen molar-refractivity contribution < 1.29 is 4.79 Å². The maximum Gasteiger partial charge on any atom is 0.253 e. The Balaban J connectivity index is 2.01. The molecule has 0 fully saturated rings. The molecular formula is C16H22N2O. The third-order valence-corrected chi connectivity index (χ3v) is 3.45. The highest BCUT2D eigenvalue weighted by atomic mass is 16.1. The lowest BCUT2D eigenvalue weighted by Gasteiger charge is -2.14. The van der Waals surface area contributed by atoms with Crippen molar-refractivity contribution in [3.05, 3.63) is 36.0 Å². The number of carbonyl (C=O) groups excluding carboxylic acids is 1. The minimum absolute atomic E-state index is 0.0112. The minimum Gasteiger partial charge on any atom is -0.361 e. The third-order valence-electron chi connectivity index (χ3n) is 3.45. The van der Waals surface area contributed by atoms with E-state index >= 15 is 0 Å². The van der Waals surface area contributed by atoms with Crippen LogP contribution in [0.3, 0.4) is 0 Å². The smallest absolute Gasteiger partial charge is 0.253 e. The number of nitrogens with one attached hydrogen (secondary N) is 2. The second-order valence-electron chi connectivity index (χ2n) is 5.12. The second kappa shape index (κ2) is 6.41. The van der Waals surface area contributed by atoms with Crippen LogP contribution in [0.5, 0.6) is 0 Å². The minimum atomic E-state index is 0.0112. The van der Waals surface area contributed by atoms with Crippen molar-refractivity contribution in [2.24, 2.45) is 0 Å². The van der Waals surface area contributed by atoms with Gasteiger partial charge in [0.15, 0.2) is 0 Å². The molecule has 0 aliphatic rings. The Morgan fingerprint density at radius 3 is 2.95 bits per heavy atom. The molecule has 1 aromatic heterocycles. The van der Waals surface area contributed by atoms with Gasteiger partial charge in [0.1, 0.15) is 0 Å². The van der Waals surface area contributed by atoms with Crippen LogP contribution in [-0.2, 0) is 0 Å². The van der Waals surface area contributed by atoms with Crippen LogP contribution in [0.15, 0.2) is 30.5 Å². The van der Waals surface area contributed by atoms with Gasteiger partial charge in [0.2, 0.25) is 0 Å². The summed E-state index contributed by atoms with van der Waals surface area (Å²) in [6, 6.07) is 8.01. The molecule has 1 heterocycles. The lowest BCUT2D eigenvalue weighted by atomic mass is 10.1. The molecule has 2 aromatic rings. The van der Waals surface area contributed by atoms with Gasteiger partial charge in [-0.2, -0.15) is 0 Å². The van der Waals surface area contributed by atoms with Gasteiger partial charge in [-0.25, -0.2) is 0 Å². The van der Waals surface area contributed by atoms with Crippen LogP contribution in [-0.4, -0.2) is 16.9 Å². The molecule has 1 atom stereocenters. The maximum atomic E-state index is 12.3. The first-order valence-electron chi connectivity index (χ1n) is 7.09. The van der Waals surface area contributed by atoms with Gasteiger partial charge in [-0.3, -0.25) is 4.79 Å². The van der Waals surface area contributed by atoms with E-state index in [9.17, 15) is 4.79 Å². The highest BCUT2D eigenvalue weighted by Crippen LogP contribution is 2.17. The molecule has 0 aliphatic carbocycles. The zero-order valence-corrected chi connectivity index (χ0v) is 11.7. The molecule has 19 heavy (non-hydrogen) atoms. The Kier molecular flexibility index (Phi) is 4.61. The lowest BCUT2D eigenvalue weighted by Crippen LogP contribution is -2.32. The summed E-state index contributed by atoms with van der Waals surface area (Å²) in [4.78, 5) is 15.4. The topological polar surface area (TPSA) is 44.9 Å². The number of H-pyrrole nitrogens is 1. The Bertz CT molecular complexity index is 544. The number of benzene rings is 1. The van der Waals surface area contributed by atoms with Gasteiger partial charge in [-0.1, -0.05) is 38.3 Å². The molecule has 0 bridgehead atoms. The average Bonchev–Trinajstić information content (AvgIpc) is 2.86. The van der Waals surface area contributed by atoms with E-state index in [1.807, 2.05) is 30.5 Å². The van der Waals surface area contributed by atoms with E-state index in [1.54, 1.807) is 0 Å². The summed E-state index contributed by atoms with van der Waals surface area (Å²) < 4.78 is 0. The fourth-order valence-electron chi connectivity index (χ4n) is 2.35. The van der Waals surface area contributed by atoms with Crippen molar-refractivity contribution in [3.8, 4) is 0 Å². The van der Waals surface area contributed by atoms with E-state index < -0.39 is 0 Å². The van der Waals surface area contributed by atoms with E-state index in [0.29, 0.717) is 0 Å². The third kappa shape index (κ3) is 3.37. The molecule has 2 N–H and O–H groups in total. The zero-order chi connectivity index (χ0) is 13.7. The summed E-state index contributed by atoms with van der Waals surface area (Å²) in [5, 5.41) is 4.15. The van der Waals surface area contributed by atoms with Crippen LogP contribution in [0.1, 0.15) is 49.9 Å². The number of aromatic nitrogens is 1. The number of hydrogen-bond donors (Lipinski definition) is 2. The summed E-state index contributed by atoms with van der Waals surface area (Å²) in [5.74, 6) is 0.0112. The molecular weight excluding hydrogens is 236 g/mol. The number of hydrogen-bond acceptors (Lipinski definition) is 1. The van der Waals surface area contributed by atoms with Gasteiger partial charge in [0, 0.05) is 17.6 Å². The van der Waals surface area contributed by atoms with Crippen molar-refractivity contribution in [2.45, 2.75) is 45.6 Å². The Morgan fingerprint density at radius 1 is 1.32 bits per heavy atom. The zero-order valence-electron chi connectivity index (χ0n) is 11.7. The van der Waals surface area contributed by atoms with Crippen LogP contribution in [0.2, 0.25) is 0 Å². The van der Waals surface area contributed by atoms with Crippen molar-refractivity contribution in [1.82, 2.24) is 10.3 Å². The predicted molar refractivity (Wildman–Crippen MR) is 79.4 cm³/mol. The summed E-state index contributed by atoms with van der Waals surface area (Å²) in [6.45, 7) is 4.26. The van der Waals surface area contributed by atoms with E-state index in [1.165, 1.54) is 19.3 Å². The molecule has 102 valence electrons. The largest absolute Gasteiger partial charge is 0.361 e. The van der Waals surface area contributed by atoms with Crippen molar-refractivity contribution >= 4 is 16.8 Å². The molecule has 1 amide bonds. The first kappa shape index (κ1) is 13.7. The monoisotopic (exact) mass is 258 g/mol. The number of rotatable bonds is 6. The number of unbranched alkanes of at least 4 members (excludes halogenated alkanes) is 2. The molecule has 0 saturated heterocycles. The summed E-state index contributed by atoms with van der Waals surface area (Å²) >= 11 is 0. The summed E-state index contributed by atoms with van der Waals surface area (Å²) in [6.07, 6.45) is 6.52. The standard InChI is InChI=1S/C16H22N2O/c1-3-4-5-7-12(2)18-16(19)14-9-6-8-13-10-11-17-15(13)14/h6,8-12,17H,3-5,7H2,1-2H3,(H,18,19). The quantitative estimate of drug-likeness (QED) is 0.759. The van der Waals surface area contributed by atoms with Gasteiger partial charge in [-0.05, 0) is 25.5 Å². The number of carbonyl (C=O) groups is 1. The molecule has 0 aliphatic heterocycles. The second-order valence-corrected chi connectivity index (χ2v) is 5.12. The lowest BCUT2D eigenvalue weighted by molar-refractivity contribution is 0.0939. The fraction of sp³-hybridized carbons (Fsp3) is 0.438. The van der Waals surface area contributed by atoms with Crippen LogP contribution in [0, 0.1) is 0 Å². The number of aromatic amines is 1. The van der Waals surface area contributed by atoms with Gasteiger partial charge >= 0.3 is 0 Å². The molecule has 0 radical (unpaired) electrons. The maximum absolute atomic E-state index is 12.3. The van der Waals surface area contributed by atoms with Crippen LogP contribution >= 0.6 is 0 Å². The van der Waals surface area contributed by atoms with E-state index in [0.717, 1.165) is 22.9 Å². The van der Waals surface area contributed by atoms with Gasteiger partial charge in [0.25, 0.3) is 5.91 Å². The van der Waals surface area contributed by atoms with Crippen LogP contribution < -0.4 is 5.32 Å². The fourth-order valence-corrected chi connectivity index (χ4v) is 2.35. The summed E-state index contributed by atoms with van der Waals surface area (Å²) in [7, 11) is 0. The van der Waals surface area contributed by atoms with Crippen molar-refractivity contribution in [1.29, 1.82) is 0 Å². The number of amides is 1. The molecule has 0 saturated carbocycles. The van der Waals surface area contributed by atoms with Crippen molar-refractivity contribution in [2.75, 3.05) is 0 Å². The Hall–Kier alpha value is -1.77. The van der Waals surface area contributed by atoms with Gasteiger partial charge < -0.3 is 10.3 Å². The Morgan fingerprint density at radius 2 is 2.16 bits per heavy atom. The first-order chi connectivity index (χ1) is 9.22. The summed E-state index contributed by atoms with van der Waals surface area (Å²) in [5.41, 5.74) is 1.64. The highest BCUT2D eigenvalue weighted by molar-refractivity contribution is 6.05. The molecule has 3 nitrogen and oxygen atoms in total. The van der Waals surface area contributed by atoms with E-state index in [2.05, 4.69) is 24.1 Å². The number of fused-ring (bicyclic) bond motifs is 1. The molecule has 3 heteroatoms. The molecule has 2 rings (SSSR count). The van der Waals surface area contributed by atoms with E-state index in [-0.39, 0.29) is 11.9 Å². The normalized spacial score (nSPS) is 12.5. The molecule has 0 spiro atoms. The van der Waals surface area contributed by atoms with Crippen LogP contribution in [0.4, 0.5) is 0 Å². The Labute approximate surface area is 114 Å². The average molecular weight is 258 g/mol. The van der Waals surface area contributed by atoms with Crippen molar-refractivity contribution in [3.63, 3.8) is 0 Å². The predicted octanol–water partition coefficient (Wildman–Crippen LogP) is 3.87. The van der Waals surface area contributed by atoms with Gasteiger partial charge in [0.05, 0.1) is 11.1 Å². The van der Waals surface area contributed by atoms with Crippen LogP contribution in [0.25, 0.3) is 10.9 Å². The number of para-hydroxylation sites is 1. The van der Waals surface area contributed by atoms with Gasteiger partial charge in [-0.15, -0.1) is 0 Å². The highest BCUT2D eigenvalue weighted by Gasteiger charge is 2.12.